The van der Waals surface area contributed by atoms with Gasteiger partial charge in [0.2, 0.25) is 5.71 Å². The van der Waals surface area contributed by atoms with Crippen molar-refractivity contribution in [2.45, 2.75) is 78.7 Å². The van der Waals surface area contributed by atoms with E-state index in [1.54, 1.807) is 36.4 Å². The van der Waals surface area contributed by atoms with E-state index in [1.807, 2.05) is 82.3 Å². The first-order valence-electron chi connectivity index (χ1n) is 26.8. The van der Waals surface area contributed by atoms with Crippen molar-refractivity contribution in [3.63, 3.8) is 0 Å². The molecular weight excluding hydrogens is 985 g/mol. The summed E-state index contributed by atoms with van der Waals surface area (Å²) in [6, 6.07) is 36.6. The number of rotatable bonds is 7. The maximum atomic E-state index is 8.63. The molecule has 9 aromatic rings. The third-order valence-electron chi connectivity index (χ3n) is 10.4. The van der Waals surface area contributed by atoms with E-state index in [1.165, 1.54) is 6.20 Å². The molecule has 311 valence electrons. The fourth-order valence-electron chi connectivity index (χ4n) is 7.71. The number of imidazole rings is 1. The molecule has 61 heavy (non-hydrogen) atoms. The molecule has 4 aromatic heterocycles. The molecule has 0 amide bonds. The number of aryl methyl sites for hydroxylation is 6. The molecule has 0 N–H and O–H groups in total. The molecule has 5 aromatic carbocycles. The van der Waals surface area contributed by atoms with Gasteiger partial charge in [-0.15, -0.1) is 18.2 Å². The van der Waals surface area contributed by atoms with Crippen molar-refractivity contribution in [2.24, 2.45) is 5.92 Å². The molecule has 7 heteroatoms. The second-order valence-electron chi connectivity index (χ2n) is 16.3. The smallest absolute Gasteiger partial charge is 0 e. The summed E-state index contributed by atoms with van der Waals surface area (Å²) in [6.07, 6.45) is -0.267. The Morgan fingerprint density at radius 1 is 0.787 bits per heavy atom. The summed E-state index contributed by atoms with van der Waals surface area (Å²) in [5.41, 5.74) is 6.60. The number of para-hydroxylation sites is 3. The molecule has 0 aliphatic carbocycles. The molecule has 9 rings (SSSR count). The number of benzene rings is 5. The Morgan fingerprint density at radius 2 is 1.54 bits per heavy atom. The standard InChI is InChI=1S/C35H28N3O.C19H26GeN.Ir/c1-20-16-23(4)31(24(5)17-20)25-18-28-26-12-9-13-27(33(26)39-35(28)36-19-25)34-37-29-14-6-7-15-30(29)38(34)32-21(2)10-8-11-22(32)3;1-14(2)12-17-13-18(20(4,5)6)15(3)21-19(17)16-10-8-7-9-11-16;/h6-12,14-19H,1-5H3;7-10,13-14H,12H2,1-6H3;/q2*-1;/i1D3,4D3,5D3;3D3,12D2;. The van der Waals surface area contributed by atoms with Gasteiger partial charge in [0.15, 0.2) is 0 Å². The summed E-state index contributed by atoms with van der Waals surface area (Å²) in [6.45, 7) is -2.95. The van der Waals surface area contributed by atoms with Crippen LogP contribution in [0.1, 0.15) is 72.1 Å². The monoisotopic (exact) mass is 1060 g/mol. The van der Waals surface area contributed by atoms with E-state index in [4.69, 9.17) is 28.6 Å². The van der Waals surface area contributed by atoms with Crippen molar-refractivity contribution in [3.05, 3.63) is 161 Å². The Kier molecular flexibility index (Phi) is 8.47. The Balaban J connectivity index is 0.000000258. The number of fused-ring (bicyclic) bond motifs is 4. The van der Waals surface area contributed by atoms with Crippen LogP contribution in [0, 0.1) is 59.3 Å². The molecule has 0 spiro atoms. The summed E-state index contributed by atoms with van der Waals surface area (Å²) in [5, 5.41) is 1.15. The van der Waals surface area contributed by atoms with E-state index in [0.29, 0.717) is 44.6 Å². The zero-order valence-electron chi connectivity index (χ0n) is 49.0. The van der Waals surface area contributed by atoms with Crippen LogP contribution in [0.3, 0.4) is 0 Å². The number of hydrogen-bond donors (Lipinski definition) is 0. The van der Waals surface area contributed by atoms with Gasteiger partial charge in [-0.05, 0) is 80.4 Å². The third kappa shape index (κ3) is 8.68. The second kappa shape index (κ2) is 17.7. The van der Waals surface area contributed by atoms with E-state index in [0.717, 1.165) is 44.4 Å². The predicted octanol–water partition coefficient (Wildman–Crippen LogP) is 13.6. The molecule has 0 aliphatic heterocycles. The van der Waals surface area contributed by atoms with Crippen molar-refractivity contribution in [2.75, 3.05) is 0 Å². The number of pyridine rings is 2. The van der Waals surface area contributed by atoms with Gasteiger partial charge in [-0.2, -0.15) is 0 Å². The number of furan rings is 1. The molecular formula is C54H54GeIrN4O-2. The van der Waals surface area contributed by atoms with Crippen LogP contribution in [0.4, 0.5) is 0 Å². The molecule has 0 aliphatic rings. The van der Waals surface area contributed by atoms with Crippen molar-refractivity contribution in [1.82, 2.24) is 19.5 Å². The van der Waals surface area contributed by atoms with Gasteiger partial charge in [0, 0.05) is 55.3 Å². The van der Waals surface area contributed by atoms with Crippen LogP contribution in [0.2, 0.25) is 17.3 Å². The fraction of sp³-hybridized carbons (Fsp3) is 0.241. The van der Waals surface area contributed by atoms with Gasteiger partial charge < -0.3 is 8.98 Å². The summed E-state index contributed by atoms with van der Waals surface area (Å²) in [5.74, 6) is 6.65. The molecule has 0 saturated heterocycles. The second-order valence-corrected chi connectivity index (χ2v) is 26.9. The fourth-order valence-corrected chi connectivity index (χ4v) is 10.5. The van der Waals surface area contributed by atoms with E-state index in [9.17, 15) is 0 Å². The van der Waals surface area contributed by atoms with Crippen LogP contribution in [-0.2, 0) is 26.5 Å². The zero-order valence-corrected chi connectivity index (χ0v) is 39.5. The van der Waals surface area contributed by atoms with Gasteiger partial charge in [0.25, 0.3) is 0 Å². The van der Waals surface area contributed by atoms with Crippen molar-refractivity contribution < 1.29 is 43.7 Å². The first kappa shape index (κ1) is 29.2. The van der Waals surface area contributed by atoms with Crippen LogP contribution in [0.25, 0.3) is 72.6 Å². The van der Waals surface area contributed by atoms with E-state index >= 15 is 0 Å². The quantitative estimate of drug-likeness (QED) is 0.118. The van der Waals surface area contributed by atoms with E-state index in [-0.39, 0.29) is 65.2 Å². The SMILES string of the molecule is [2H]C([2H])([2H])c1cc(C([2H])([2H])[2H])c(-c2cnc3oc4c(-c5nc6ccccc6n5-c5c(C)cccc5C)[c-]ccc4c3c2)c(C([2H])([2H])[2H])c1.[2H]C([2H])([2H])c1nc(-c2[c-]cccc2)c(C([2H])([2H])C(C)C)c[c]1[Ge]([CH3])([CH3])[CH3].[Ir]. The van der Waals surface area contributed by atoms with Gasteiger partial charge in [-0.3, -0.25) is 4.98 Å². The number of aromatic nitrogens is 4. The minimum Gasteiger partial charge on any atom is 0 e. The Bertz CT molecular complexity index is 3540. The molecule has 1 radical (unpaired) electrons. The van der Waals surface area contributed by atoms with Crippen molar-refractivity contribution in [1.29, 1.82) is 0 Å². The molecule has 0 saturated carbocycles. The topological polar surface area (TPSA) is 56.7 Å². The Hall–Kier alpha value is -5.14. The van der Waals surface area contributed by atoms with Gasteiger partial charge in [-0.1, -0.05) is 59.0 Å². The van der Waals surface area contributed by atoms with Crippen LogP contribution in [-0.4, -0.2) is 32.8 Å². The molecule has 0 bridgehead atoms. The Labute approximate surface area is 397 Å². The van der Waals surface area contributed by atoms with Gasteiger partial charge in [-0.25, -0.2) is 4.98 Å². The molecule has 0 unspecified atom stereocenters. The van der Waals surface area contributed by atoms with E-state index < -0.39 is 47.0 Å². The Morgan fingerprint density at radius 3 is 2.21 bits per heavy atom. The predicted molar refractivity (Wildman–Crippen MR) is 254 cm³/mol. The molecule has 0 atom stereocenters. The van der Waals surface area contributed by atoms with Crippen molar-refractivity contribution >= 4 is 50.8 Å². The van der Waals surface area contributed by atoms with Crippen LogP contribution in [0.15, 0.2) is 114 Å². The maximum absolute atomic E-state index is 8.63. The average Bonchev–Trinajstić information content (AvgIpc) is 3.88. The van der Waals surface area contributed by atoms with Gasteiger partial charge in [0.05, 0.1) is 22.4 Å². The normalized spacial score (nSPS) is 16.1. The molecule has 5 nitrogen and oxygen atoms in total. The summed E-state index contributed by atoms with van der Waals surface area (Å²) in [7, 11) is 0. The number of hydrogen-bond acceptors (Lipinski definition) is 4. The van der Waals surface area contributed by atoms with E-state index in [2.05, 4.69) is 43.9 Å². The maximum Gasteiger partial charge on any atom is 0 e. The van der Waals surface area contributed by atoms with Crippen LogP contribution in [0.5, 0.6) is 0 Å². The zero-order chi connectivity index (χ0) is 54.2. The van der Waals surface area contributed by atoms with Gasteiger partial charge in [0.1, 0.15) is 0 Å². The van der Waals surface area contributed by atoms with Crippen LogP contribution >= 0.6 is 0 Å². The first-order chi connectivity index (χ1) is 34.3. The van der Waals surface area contributed by atoms with Crippen molar-refractivity contribution in [3.8, 4) is 39.5 Å². The molecule has 0 fully saturated rings. The average molecular weight is 1050 g/mol. The minimum absolute atomic E-state index is 0. The third-order valence-corrected chi connectivity index (χ3v) is 14.6. The first-order valence-corrected chi connectivity index (χ1v) is 27.1. The summed E-state index contributed by atoms with van der Waals surface area (Å²) < 4.78 is 123. The summed E-state index contributed by atoms with van der Waals surface area (Å²) in [4.78, 5) is 14.1. The molecule has 4 heterocycles. The minimum atomic E-state index is -2.82. The van der Waals surface area contributed by atoms with Gasteiger partial charge >= 0.3 is 139 Å². The summed E-state index contributed by atoms with van der Waals surface area (Å²) >= 11 is -2.61. The van der Waals surface area contributed by atoms with Crippen LogP contribution < -0.4 is 4.40 Å². The number of nitrogens with zero attached hydrogens (tertiary/aromatic N) is 4. The largest absolute Gasteiger partial charge is 0 e.